The fourth-order valence-corrected chi connectivity index (χ4v) is 2.15. The first-order valence-corrected chi connectivity index (χ1v) is 7.41. The number of aryl methyl sites for hydroxylation is 1. The zero-order valence-electron chi connectivity index (χ0n) is 10.6. The van der Waals surface area contributed by atoms with E-state index in [-0.39, 0.29) is 5.88 Å². The Kier molecular flexibility index (Phi) is 5.58. The molecule has 0 saturated heterocycles. The molecular weight excluding hydrogens is 248 g/mol. The average molecular weight is 266 g/mol. The number of aliphatic imine (C=N–C) groups is 1. The van der Waals surface area contributed by atoms with Crippen molar-refractivity contribution in [3.05, 3.63) is 42.0 Å². The number of sulfonamides is 1. The Labute approximate surface area is 109 Å². The Morgan fingerprint density at radius 1 is 1.39 bits per heavy atom. The van der Waals surface area contributed by atoms with Gasteiger partial charge in [-0.2, -0.15) is 0 Å². The molecule has 0 radical (unpaired) electrons. The smallest absolute Gasteiger partial charge is 0.253 e. The van der Waals surface area contributed by atoms with E-state index in [4.69, 9.17) is 0 Å². The minimum absolute atomic E-state index is 0.269. The molecule has 0 heterocycles. The summed E-state index contributed by atoms with van der Waals surface area (Å²) in [6.45, 7) is 3.91. The van der Waals surface area contributed by atoms with Crippen LogP contribution in [0.2, 0.25) is 0 Å². The van der Waals surface area contributed by atoms with Crippen molar-refractivity contribution in [1.29, 1.82) is 0 Å². The van der Waals surface area contributed by atoms with Crippen LogP contribution in [0.25, 0.3) is 0 Å². The second-order valence-corrected chi connectivity index (χ2v) is 5.58. The van der Waals surface area contributed by atoms with E-state index < -0.39 is 10.0 Å². The van der Waals surface area contributed by atoms with Gasteiger partial charge in [-0.15, -0.1) is 0 Å². The van der Waals surface area contributed by atoms with Crippen LogP contribution in [0.4, 0.5) is 5.69 Å². The summed E-state index contributed by atoms with van der Waals surface area (Å²) in [6.07, 6.45) is 6.05. The molecule has 1 N–H and O–H groups in total. The Morgan fingerprint density at radius 3 is 2.83 bits per heavy atom. The van der Waals surface area contributed by atoms with Gasteiger partial charge in [0, 0.05) is 11.9 Å². The molecule has 0 amide bonds. The van der Waals surface area contributed by atoms with Crippen LogP contribution >= 0.6 is 0 Å². The van der Waals surface area contributed by atoms with Crippen LogP contribution < -0.4 is 4.72 Å². The number of allylic oxidation sites excluding steroid dienone is 2. The summed E-state index contributed by atoms with van der Waals surface area (Å²) in [5.41, 5.74) is 1.57. The average Bonchev–Trinajstić information content (AvgIpc) is 2.28. The van der Waals surface area contributed by atoms with Gasteiger partial charge in [-0.1, -0.05) is 25.1 Å². The van der Waals surface area contributed by atoms with E-state index >= 15 is 0 Å². The zero-order chi connectivity index (χ0) is 13.4. The van der Waals surface area contributed by atoms with E-state index in [0.29, 0.717) is 5.69 Å². The molecule has 18 heavy (non-hydrogen) atoms. The number of hydrogen-bond acceptors (Lipinski definition) is 3. The molecule has 0 fully saturated rings. The van der Waals surface area contributed by atoms with Gasteiger partial charge in [0.15, 0.2) is 5.88 Å². The van der Waals surface area contributed by atoms with Gasteiger partial charge in [0.05, 0.1) is 0 Å². The van der Waals surface area contributed by atoms with Gasteiger partial charge in [0.25, 0.3) is 10.0 Å². The van der Waals surface area contributed by atoms with Gasteiger partial charge in [0.1, 0.15) is 0 Å². The summed E-state index contributed by atoms with van der Waals surface area (Å²) in [7, 11) is -3.42. The molecule has 98 valence electrons. The van der Waals surface area contributed by atoms with Gasteiger partial charge >= 0.3 is 0 Å². The first kappa shape index (κ1) is 14.4. The maximum absolute atomic E-state index is 11.7. The largest absolute Gasteiger partial charge is 0.282 e. The number of rotatable bonds is 6. The van der Waals surface area contributed by atoms with Crippen molar-refractivity contribution in [2.45, 2.75) is 20.3 Å². The van der Waals surface area contributed by atoms with Crippen LogP contribution in [-0.4, -0.2) is 20.5 Å². The molecule has 5 heteroatoms. The Hall–Kier alpha value is -1.62. The first-order chi connectivity index (χ1) is 8.53. The normalized spacial score (nSPS) is 12.3. The lowest BCUT2D eigenvalue weighted by molar-refractivity contribution is 0.601. The van der Waals surface area contributed by atoms with Crippen molar-refractivity contribution in [3.63, 3.8) is 0 Å². The fraction of sp³-hybridized carbons (Fsp3) is 0.308. The van der Waals surface area contributed by atoms with Gasteiger partial charge in [0.2, 0.25) is 0 Å². The molecular formula is C13H18N2O2S. The van der Waals surface area contributed by atoms with E-state index in [1.54, 1.807) is 24.3 Å². The summed E-state index contributed by atoms with van der Waals surface area (Å²) in [5.74, 6) is -0.269. The van der Waals surface area contributed by atoms with Crippen LogP contribution in [0.15, 0.2) is 41.4 Å². The fourth-order valence-electron chi connectivity index (χ4n) is 1.32. The number of nitrogens with one attached hydrogen (secondary N) is 1. The minimum atomic E-state index is -3.42. The standard InChI is InChI=1S/C13H18N2O2S/c1-3-4-5-9-14-11-18(16,17)15-13-8-6-7-12(2)10-13/h4-10,15H,3,11H2,1-2H3/b5-4-,14-9?. The van der Waals surface area contributed by atoms with E-state index in [2.05, 4.69) is 9.71 Å². The summed E-state index contributed by atoms with van der Waals surface area (Å²) in [4.78, 5) is 3.84. The molecule has 1 rings (SSSR count). The molecule has 0 atom stereocenters. The molecule has 1 aromatic carbocycles. The molecule has 0 saturated carbocycles. The zero-order valence-corrected chi connectivity index (χ0v) is 11.4. The van der Waals surface area contributed by atoms with Crippen molar-refractivity contribution in [2.24, 2.45) is 4.99 Å². The van der Waals surface area contributed by atoms with Crippen molar-refractivity contribution in [2.75, 3.05) is 10.6 Å². The van der Waals surface area contributed by atoms with Gasteiger partial charge in [-0.3, -0.25) is 9.71 Å². The van der Waals surface area contributed by atoms with Crippen molar-refractivity contribution in [1.82, 2.24) is 0 Å². The number of anilines is 1. The van der Waals surface area contributed by atoms with Crippen LogP contribution in [0.5, 0.6) is 0 Å². The first-order valence-electron chi connectivity index (χ1n) is 5.75. The molecule has 0 aromatic heterocycles. The van der Waals surface area contributed by atoms with Crippen LogP contribution in [0.1, 0.15) is 18.9 Å². The lowest BCUT2D eigenvalue weighted by atomic mass is 10.2. The minimum Gasteiger partial charge on any atom is -0.282 e. The lowest BCUT2D eigenvalue weighted by Gasteiger charge is -2.06. The summed E-state index contributed by atoms with van der Waals surface area (Å²) >= 11 is 0. The Balaban J connectivity index is 2.60. The molecule has 4 nitrogen and oxygen atoms in total. The third-order valence-corrected chi connectivity index (χ3v) is 3.13. The monoisotopic (exact) mass is 266 g/mol. The lowest BCUT2D eigenvalue weighted by Crippen LogP contribution is -2.15. The van der Waals surface area contributed by atoms with E-state index in [9.17, 15) is 8.42 Å². The molecule has 0 spiro atoms. The SMILES string of the molecule is CC/C=C\C=NCS(=O)(=O)Nc1cccc(C)c1. The predicted molar refractivity (Wildman–Crippen MR) is 76.5 cm³/mol. The maximum Gasteiger partial charge on any atom is 0.253 e. The highest BCUT2D eigenvalue weighted by atomic mass is 32.2. The second-order valence-electron chi connectivity index (χ2n) is 3.88. The summed E-state index contributed by atoms with van der Waals surface area (Å²) in [6, 6.07) is 7.20. The van der Waals surface area contributed by atoms with Gasteiger partial charge in [-0.25, -0.2) is 8.42 Å². The highest BCUT2D eigenvalue weighted by Gasteiger charge is 2.08. The quantitative estimate of drug-likeness (QED) is 0.805. The number of hydrogen-bond donors (Lipinski definition) is 1. The summed E-state index contributed by atoms with van der Waals surface area (Å²) < 4.78 is 25.9. The van der Waals surface area contributed by atoms with E-state index in [1.165, 1.54) is 6.21 Å². The van der Waals surface area contributed by atoms with E-state index in [1.807, 2.05) is 26.0 Å². The van der Waals surface area contributed by atoms with Crippen LogP contribution in [0, 0.1) is 6.92 Å². The molecule has 0 unspecified atom stereocenters. The molecule has 0 aliphatic carbocycles. The van der Waals surface area contributed by atoms with Crippen LogP contribution in [-0.2, 0) is 10.0 Å². The molecule has 1 aromatic rings. The topological polar surface area (TPSA) is 58.5 Å². The Bertz CT molecular complexity index is 534. The van der Waals surface area contributed by atoms with Crippen molar-refractivity contribution in [3.8, 4) is 0 Å². The van der Waals surface area contributed by atoms with E-state index in [0.717, 1.165) is 12.0 Å². The predicted octanol–water partition coefficient (Wildman–Crippen LogP) is 2.73. The Morgan fingerprint density at radius 2 is 2.17 bits per heavy atom. The molecule has 0 aliphatic heterocycles. The second kappa shape index (κ2) is 6.96. The summed E-state index contributed by atoms with van der Waals surface area (Å²) in [5, 5.41) is 0. The highest BCUT2D eigenvalue weighted by Crippen LogP contribution is 2.11. The molecule has 0 aliphatic rings. The van der Waals surface area contributed by atoms with Crippen LogP contribution in [0.3, 0.4) is 0 Å². The highest BCUT2D eigenvalue weighted by molar-refractivity contribution is 7.92. The van der Waals surface area contributed by atoms with Crippen molar-refractivity contribution < 1.29 is 8.42 Å². The maximum atomic E-state index is 11.7. The van der Waals surface area contributed by atoms with Gasteiger partial charge < -0.3 is 0 Å². The third-order valence-electron chi connectivity index (χ3n) is 2.10. The van der Waals surface area contributed by atoms with Crippen molar-refractivity contribution >= 4 is 21.9 Å². The number of benzene rings is 1. The number of nitrogens with zero attached hydrogens (tertiary/aromatic N) is 1. The third kappa shape index (κ3) is 5.63. The molecule has 0 bridgehead atoms. The van der Waals surface area contributed by atoms with Gasteiger partial charge in [-0.05, 0) is 37.1 Å².